The molecular formula is C23H30ClN3O. The minimum atomic E-state index is 0.347. The van der Waals surface area contributed by atoms with Crippen LogP contribution in [-0.4, -0.2) is 41.2 Å². The molecule has 1 aromatic heterocycles. The summed E-state index contributed by atoms with van der Waals surface area (Å²) in [5.74, 6) is 1.81. The number of fused-ring (bicyclic) bond motifs is 1. The zero-order valence-corrected chi connectivity index (χ0v) is 18.0. The van der Waals surface area contributed by atoms with Gasteiger partial charge in [0.05, 0.1) is 18.1 Å². The molecule has 0 aliphatic heterocycles. The summed E-state index contributed by atoms with van der Waals surface area (Å²) in [6.45, 7) is 10.1. The van der Waals surface area contributed by atoms with Crippen LogP contribution in [0.1, 0.15) is 39.7 Å². The number of aromatic nitrogens is 2. The molecule has 0 saturated carbocycles. The zero-order valence-electron chi connectivity index (χ0n) is 17.3. The van der Waals surface area contributed by atoms with Gasteiger partial charge in [0.2, 0.25) is 0 Å². The summed E-state index contributed by atoms with van der Waals surface area (Å²) in [4.78, 5) is 7.42. The van der Waals surface area contributed by atoms with Crippen LogP contribution in [0.2, 0.25) is 5.02 Å². The molecule has 4 nitrogen and oxygen atoms in total. The number of imidazole rings is 1. The lowest BCUT2D eigenvalue weighted by Crippen LogP contribution is -2.24. The maximum absolute atomic E-state index is 6.10. The Labute approximate surface area is 173 Å². The lowest BCUT2D eigenvalue weighted by Gasteiger charge is -2.21. The summed E-state index contributed by atoms with van der Waals surface area (Å²) in [7, 11) is 1.69. The van der Waals surface area contributed by atoms with Crippen molar-refractivity contribution in [1.29, 1.82) is 0 Å². The molecule has 3 rings (SSSR count). The standard InChI is InChI=1S/C23H30ClN3O/c1-5-26(6-2)15-7-8-17(3)27-22-14-13-20(28-4)16-21(22)25-23(27)18-9-11-19(24)12-10-18/h9-14,16-17H,5-8,15H2,1-4H3. The molecule has 0 saturated heterocycles. The number of rotatable bonds is 9. The second-order valence-corrected chi connectivity index (χ2v) is 7.62. The largest absolute Gasteiger partial charge is 0.497 e. The molecule has 0 amide bonds. The molecule has 1 atom stereocenters. The first kappa shape index (κ1) is 20.7. The van der Waals surface area contributed by atoms with Crippen LogP contribution >= 0.6 is 11.6 Å². The third-order valence-electron chi connectivity index (χ3n) is 5.43. The molecule has 1 unspecified atom stereocenters. The van der Waals surface area contributed by atoms with Crippen LogP contribution in [0, 0.1) is 0 Å². The van der Waals surface area contributed by atoms with Gasteiger partial charge in [0.1, 0.15) is 11.6 Å². The van der Waals surface area contributed by atoms with E-state index in [1.54, 1.807) is 7.11 Å². The second-order valence-electron chi connectivity index (χ2n) is 7.19. The predicted octanol–water partition coefficient (Wildman–Crippen LogP) is 6.05. The van der Waals surface area contributed by atoms with E-state index in [2.05, 4.69) is 36.3 Å². The first-order valence-corrected chi connectivity index (χ1v) is 10.5. The normalized spacial score (nSPS) is 12.6. The summed E-state index contributed by atoms with van der Waals surface area (Å²) in [6, 6.07) is 14.4. The van der Waals surface area contributed by atoms with Gasteiger partial charge in [0.15, 0.2) is 0 Å². The number of hydrogen-bond donors (Lipinski definition) is 0. The molecule has 2 aromatic carbocycles. The Balaban J connectivity index is 1.95. The van der Waals surface area contributed by atoms with E-state index in [0.29, 0.717) is 6.04 Å². The number of ether oxygens (including phenoxy) is 1. The number of hydrogen-bond acceptors (Lipinski definition) is 3. The van der Waals surface area contributed by atoms with Gasteiger partial charge >= 0.3 is 0 Å². The maximum atomic E-state index is 6.10. The fourth-order valence-corrected chi connectivity index (χ4v) is 3.86. The van der Waals surface area contributed by atoms with E-state index in [0.717, 1.165) is 59.2 Å². The van der Waals surface area contributed by atoms with Gasteiger partial charge in [-0.05, 0) is 75.8 Å². The lowest BCUT2D eigenvalue weighted by molar-refractivity contribution is 0.289. The molecule has 0 fully saturated rings. The van der Waals surface area contributed by atoms with Crippen LogP contribution in [0.15, 0.2) is 42.5 Å². The van der Waals surface area contributed by atoms with Crippen LogP contribution in [0.4, 0.5) is 0 Å². The van der Waals surface area contributed by atoms with Crippen LogP contribution < -0.4 is 4.74 Å². The van der Waals surface area contributed by atoms with Crippen molar-refractivity contribution >= 4 is 22.6 Å². The molecule has 0 spiro atoms. The quantitative estimate of drug-likeness (QED) is 0.438. The molecule has 150 valence electrons. The van der Waals surface area contributed by atoms with Crippen molar-refractivity contribution in [2.24, 2.45) is 0 Å². The van der Waals surface area contributed by atoms with Crippen LogP contribution in [0.3, 0.4) is 0 Å². The Hall–Kier alpha value is -2.04. The molecule has 0 aliphatic rings. The summed E-state index contributed by atoms with van der Waals surface area (Å²) in [6.07, 6.45) is 2.27. The number of nitrogens with zero attached hydrogens (tertiary/aromatic N) is 3. The minimum absolute atomic E-state index is 0.347. The van der Waals surface area contributed by atoms with Crippen LogP contribution in [-0.2, 0) is 0 Å². The van der Waals surface area contributed by atoms with Gasteiger partial charge in [0, 0.05) is 22.7 Å². The first-order valence-electron chi connectivity index (χ1n) is 10.1. The van der Waals surface area contributed by atoms with E-state index in [1.807, 2.05) is 36.4 Å². The predicted molar refractivity (Wildman–Crippen MR) is 118 cm³/mol. The van der Waals surface area contributed by atoms with Gasteiger partial charge in [-0.15, -0.1) is 0 Å². The topological polar surface area (TPSA) is 30.3 Å². The molecule has 3 aromatic rings. The minimum Gasteiger partial charge on any atom is -0.497 e. The highest BCUT2D eigenvalue weighted by Crippen LogP contribution is 2.32. The number of halogens is 1. The van der Waals surface area contributed by atoms with Crippen molar-refractivity contribution in [3.05, 3.63) is 47.5 Å². The second kappa shape index (κ2) is 9.44. The van der Waals surface area contributed by atoms with Gasteiger partial charge < -0.3 is 14.2 Å². The number of methoxy groups -OCH3 is 1. The smallest absolute Gasteiger partial charge is 0.141 e. The third-order valence-corrected chi connectivity index (χ3v) is 5.68. The van der Waals surface area contributed by atoms with E-state index in [-0.39, 0.29) is 0 Å². The molecular weight excluding hydrogens is 370 g/mol. The van der Waals surface area contributed by atoms with Crippen molar-refractivity contribution in [2.45, 2.75) is 39.7 Å². The molecule has 0 N–H and O–H groups in total. The Morgan fingerprint density at radius 3 is 2.46 bits per heavy atom. The molecule has 1 heterocycles. The highest BCUT2D eigenvalue weighted by Gasteiger charge is 2.18. The Morgan fingerprint density at radius 2 is 1.82 bits per heavy atom. The SMILES string of the molecule is CCN(CC)CCCC(C)n1c(-c2ccc(Cl)cc2)nc2cc(OC)ccc21. The molecule has 0 aliphatic carbocycles. The highest BCUT2D eigenvalue weighted by atomic mass is 35.5. The molecule has 28 heavy (non-hydrogen) atoms. The van der Waals surface area contributed by atoms with E-state index in [9.17, 15) is 0 Å². The summed E-state index contributed by atoms with van der Waals surface area (Å²) >= 11 is 6.10. The van der Waals surface area contributed by atoms with Crippen LogP contribution in [0.25, 0.3) is 22.4 Å². The highest BCUT2D eigenvalue weighted by molar-refractivity contribution is 6.30. The van der Waals surface area contributed by atoms with Crippen molar-refractivity contribution in [3.8, 4) is 17.1 Å². The zero-order chi connectivity index (χ0) is 20.1. The van der Waals surface area contributed by atoms with Gasteiger partial charge in [-0.25, -0.2) is 4.98 Å². The fourth-order valence-electron chi connectivity index (χ4n) is 3.73. The van der Waals surface area contributed by atoms with Crippen molar-refractivity contribution < 1.29 is 4.74 Å². The molecule has 0 bridgehead atoms. The Bertz CT molecular complexity index is 900. The molecule has 5 heteroatoms. The summed E-state index contributed by atoms with van der Waals surface area (Å²) in [5, 5.41) is 0.736. The average molecular weight is 400 g/mol. The van der Waals surface area contributed by atoms with Gasteiger partial charge in [-0.1, -0.05) is 25.4 Å². The number of benzene rings is 2. The Kier molecular flexibility index (Phi) is 6.97. The monoisotopic (exact) mass is 399 g/mol. The summed E-state index contributed by atoms with van der Waals surface area (Å²) < 4.78 is 7.76. The van der Waals surface area contributed by atoms with Gasteiger partial charge in [-0.2, -0.15) is 0 Å². The maximum Gasteiger partial charge on any atom is 0.141 e. The average Bonchev–Trinajstić information content (AvgIpc) is 3.10. The first-order chi connectivity index (χ1) is 13.6. The van der Waals surface area contributed by atoms with Crippen molar-refractivity contribution in [2.75, 3.05) is 26.7 Å². The third kappa shape index (κ3) is 4.50. The molecule has 0 radical (unpaired) electrons. The van der Waals surface area contributed by atoms with Crippen LogP contribution in [0.5, 0.6) is 5.75 Å². The summed E-state index contributed by atoms with van der Waals surface area (Å²) in [5.41, 5.74) is 3.18. The van der Waals surface area contributed by atoms with E-state index < -0.39 is 0 Å². The van der Waals surface area contributed by atoms with E-state index in [4.69, 9.17) is 21.3 Å². The van der Waals surface area contributed by atoms with E-state index in [1.165, 1.54) is 6.42 Å². The van der Waals surface area contributed by atoms with Gasteiger partial charge in [0.25, 0.3) is 0 Å². The van der Waals surface area contributed by atoms with Crippen molar-refractivity contribution in [1.82, 2.24) is 14.5 Å². The lowest BCUT2D eigenvalue weighted by atomic mass is 10.1. The van der Waals surface area contributed by atoms with Crippen molar-refractivity contribution in [3.63, 3.8) is 0 Å². The van der Waals surface area contributed by atoms with E-state index >= 15 is 0 Å². The Morgan fingerprint density at radius 1 is 1.11 bits per heavy atom. The van der Waals surface area contributed by atoms with Gasteiger partial charge in [-0.3, -0.25) is 0 Å². The fraction of sp³-hybridized carbons (Fsp3) is 0.435.